The molecule has 0 unspecified atom stereocenters. The predicted molar refractivity (Wildman–Crippen MR) is 79.8 cm³/mol. The van der Waals surface area contributed by atoms with Crippen molar-refractivity contribution in [2.75, 3.05) is 20.2 Å². The molecular weight excluding hydrogens is 292 g/mol. The highest BCUT2D eigenvalue weighted by Gasteiger charge is 2.24. The lowest BCUT2D eigenvalue weighted by molar-refractivity contribution is -0.115. The number of hydrogen-bond donors (Lipinski definition) is 2. The molecular formula is C14H14N2O4S. The fraction of sp³-hybridized carbons (Fsp3) is 0.214. The molecule has 1 fully saturated rings. The Morgan fingerprint density at radius 1 is 1.33 bits per heavy atom. The van der Waals surface area contributed by atoms with Crippen LogP contribution in [0.25, 0.3) is 6.08 Å². The van der Waals surface area contributed by atoms with Crippen molar-refractivity contribution in [3.63, 3.8) is 0 Å². The van der Waals surface area contributed by atoms with Crippen LogP contribution in [0.1, 0.15) is 15.9 Å². The molecule has 110 valence electrons. The van der Waals surface area contributed by atoms with Crippen molar-refractivity contribution in [1.82, 2.24) is 10.6 Å². The van der Waals surface area contributed by atoms with Crippen LogP contribution < -0.4 is 10.6 Å². The minimum absolute atomic E-state index is 0.306. The molecule has 2 N–H and O–H groups in total. The molecule has 1 aliphatic heterocycles. The molecule has 6 nitrogen and oxygen atoms in total. The van der Waals surface area contributed by atoms with Gasteiger partial charge in [0, 0.05) is 6.54 Å². The number of benzene rings is 1. The van der Waals surface area contributed by atoms with Gasteiger partial charge >= 0.3 is 5.97 Å². The van der Waals surface area contributed by atoms with Gasteiger partial charge in [-0.15, -0.1) is 0 Å². The molecule has 0 aromatic heterocycles. The van der Waals surface area contributed by atoms with Gasteiger partial charge in [-0.3, -0.25) is 14.9 Å². The van der Waals surface area contributed by atoms with Crippen LogP contribution in [0.15, 0.2) is 29.2 Å². The van der Waals surface area contributed by atoms with Crippen molar-refractivity contribution < 1.29 is 19.1 Å². The molecule has 0 spiro atoms. The van der Waals surface area contributed by atoms with Gasteiger partial charge in [0.05, 0.1) is 10.5 Å². The molecule has 0 atom stereocenters. The first-order valence-corrected chi connectivity index (χ1v) is 7.08. The van der Waals surface area contributed by atoms with Crippen LogP contribution in [-0.2, 0) is 9.53 Å². The Hall–Kier alpha value is -2.12. The van der Waals surface area contributed by atoms with E-state index < -0.39 is 11.9 Å². The maximum atomic E-state index is 11.7. The lowest BCUT2D eigenvalue weighted by Gasteiger charge is -2.04. The highest BCUT2D eigenvalue weighted by atomic mass is 32.2. The minimum atomic E-state index is -0.402. The smallest absolute Gasteiger partial charge is 0.338 e. The minimum Gasteiger partial charge on any atom is -0.461 e. The highest BCUT2D eigenvalue weighted by molar-refractivity contribution is 8.18. The van der Waals surface area contributed by atoms with Crippen LogP contribution in [0.4, 0.5) is 4.79 Å². The van der Waals surface area contributed by atoms with Gasteiger partial charge in [0.1, 0.15) is 6.61 Å². The molecule has 0 aliphatic carbocycles. The summed E-state index contributed by atoms with van der Waals surface area (Å²) in [7, 11) is 1.78. The number of thioether (sulfide) groups is 1. The second-order valence-corrected chi connectivity index (χ2v) is 5.23. The summed E-state index contributed by atoms with van der Waals surface area (Å²) in [5.74, 6) is -0.798. The van der Waals surface area contributed by atoms with Crippen molar-refractivity contribution in [1.29, 1.82) is 0 Å². The van der Waals surface area contributed by atoms with Crippen molar-refractivity contribution >= 4 is 35.0 Å². The lowest BCUT2D eigenvalue weighted by Crippen LogP contribution is -2.17. The van der Waals surface area contributed by atoms with Crippen molar-refractivity contribution in [3.8, 4) is 0 Å². The Morgan fingerprint density at radius 3 is 2.62 bits per heavy atom. The molecule has 1 aliphatic rings. The number of esters is 1. The third-order valence-electron chi connectivity index (χ3n) is 2.67. The molecule has 0 radical (unpaired) electrons. The zero-order valence-electron chi connectivity index (χ0n) is 11.3. The summed E-state index contributed by atoms with van der Waals surface area (Å²) in [4.78, 5) is 34.5. The van der Waals surface area contributed by atoms with Gasteiger partial charge in [0.15, 0.2) is 0 Å². The Balaban J connectivity index is 2.02. The van der Waals surface area contributed by atoms with Crippen LogP contribution >= 0.6 is 11.8 Å². The molecule has 0 bridgehead atoms. The summed E-state index contributed by atoms with van der Waals surface area (Å²) in [6, 6.07) is 6.62. The largest absolute Gasteiger partial charge is 0.461 e. The number of rotatable bonds is 5. The molecule has 1 aromatic carbocycles. The molecule has 2 amide bonds. The van der Waals surface area contributed by atoms with Crippen LogP contribution in [0.5, 0.6) is 0 Å². The number of hydrogen-bond acceptors (Lipinski definition) is 6. The standard InChI is InChI=1S/C14H14N2O4S/c1-15-6-7-20-13(18)10-4-2-9(3-5-10)8-11-12(17)16-14(19)21-11/h2-5,8,15H,6-7H2,1H3,(H,16,17,19)/b11-8-. The maximum Gasteiger partial charge on any atom is 0.338 e. The van der Waals surface area contributed by atoms with E-state index in [0.29, 0.717) is 23.6 Å². The number of likely N-dealkylation sites (N-methyl/N-ethyl adjacent to an activating group) is 1. The summed E-state index contributed by atoms with van der Waals surface area (Å²) < 4.78 is 5.04. The van der Waals surface area contributed by atoms with E-state index in [2.05, 4.69) is 10.6 Å². The van der Waals surface area contributed by atoms with Crippen molar-refractivity contribution in [2.24, 2.45) is 0 Å². The number of carbonyl (C=O) groups is 3. The van der Waals surface area contributed by atoms with Gasteiger partial charge in [-0.1, -0.05) is 12.1 Å². The van der Waals surface area contributed by atoms with Crippen molar-refractivity contribution in [3.05, 3.63) is 40.3 Å². The van der Waals surface area contributed by atoms with E-state index in [9.17, 15) is 14.4 Å². The second kappa shape index (κ2) is 7.05. The van der Waals surface area contributed by atoms with E-state index in [1.807, 2.05) is 0 Å². The number of ether oxygens (including phenoxy) is 1. The molecule has 2 rings (SSSR count). The van der Waals surface area contributed by atoms with Gasteiger partial charge in [-0.2, -0.15) is 0 Å². The first-order valence-electron chi connectivity index (χ1n) is 6.27. The maximum absolute atomic E-state index is 11.7. The SMILES string of the molecule is CNCCOC(=O)c1ccc(/C=C2\SC(=O)NC2=O)cc1. The number of imide groups is 1. The van der Waals surface area contributed by atoms with Crippen LogP contribution in [0.2, 0.25) is 0 Å². The van der Waals surface area contributed by atoms with Gasteiger partial charge in [0.25, 0.3) is 11.1 Å². The average Bonchev–Trinajstić information content (AvgIpc) is 2.78. The van der Waals surface area contributed by atoms with E-state index >= 15 is 0 Å². The number of amides is 2. The van der Waals surface area contributed by atoms with Crippen LogP contribution in [-0.4, -0.2) is 37.3 Å². The first kappa shape index (κ1) is 15.3. The van der Waals surface area contributed by atoms with Crippen molar-refractivity contribution in [2.45, 2.75) is 0 Å². The molecule has 1 aromatic rings. The Kier molecular flexibility index (Phi) is 5.13. The normalized spacial score (nSPS) is 16.1. The quantitative estimate of drug-likeness (QED) is 0.486. The Morgan fingerprint density at radius 2 is 2.05 bits per heavy atom. The summed E-state index contributed by atoms with van der Waals surface area (Å²) in [6.07, 6.45) is 1.60. The fourth-order valence-corrected chi connectivity index (χ4v) is 2.30. The Bertz CT molecular complexity index is 595. The molecule has 0 saturated carbocycles. The summed E-state index contributed by atoms with van der Waals surface area (Å²) in [5.41, 5.74) is 1.17. The zero-order chi connectivity index (χ0) is 15.2. The topological polar surface area (TPSA) is 84.5 Å². The van der Waals surface area contributed by atoms with Crippen LogP contribution in [0, 0.1) is 0 Å². The zero-order valence-corrected chi connectivity index (χ0v) is 12.2. The molecule has 7 heteroatoms. The lowest BCUT2D eigenvalue weighted by atomic mass is 10.1. The Labute approximate surface area is 125 Å². The van der Waals surface area contributed by atoms with Gasteiger partial charge in [-0.25, -0.2) is 4.79 Å². The molecule has 1 saturated heterocycles. The third kappa shape index (κ3) is 4.17. The highest BCUT2D eigenvalue weighted by Crippen LogP contribution is 2.25. The van der Waals surface area contributed by atoms with Gasteiger partial charge in [-0.05, 0) is 42.6 Å². The third-order valence-corrected chi connectivity index (χ3v) is 3.48. The number of nitrogens with one attached hydrogen (secondary N) is 2. The fourth-order valence-electron chi connectivity index (χ4n) is 1.62. The molecule has 1 heterocycles. The average molecular weight is 306 g/mol. The van der Waals surface area contributed by atoms with Gasteiger partial charge in [0.2, 0.25) is 0 Å². The number of carbonyl (C=O) groups excluding carboxylic acids is 3. The van der Waals surface area contributed by atoms with Crippen LogP contribution in [0.3, 0.4) is 0 Å². The van der Waals surface area contributed by atoms with E-state index in [1.54, 1.807) is 37.4 Å². The summed E-state index contributed by atoms with van der Waals surface area (Å²) in [6.45, 7) is 0.899. The van der Waals surface area contributed by atoms with Gasteiger partial charge < -0.3 is 10.1 Å². The summed E-state index contributed by atoms with van der Waals surface area (Å²) in [5, 5.41) is 4.68. The summed E-state index contributed by atoms with van der Waals surface area (Å²) >= 11 is 0.856. The predicted octanol–water partition coefficient (Wildman–Crippen LogP) is 1.39. The van der Waals surface area contributed by atoms with E-state index in [-0.39, 0.29) is 5.24 Å². The van der Waals surface area contributed by atoms with E-state index in [0.717, 1.165) is 17.3 Å². The second-order valence-electron chi connectivity index (χ2n) is 4.21. The monoisotopic (exact) mass is 306 g/mol. The molecule has 21 heavy (non-hydrogen) atoms. The van der Waals surface area contributed by atoms with E-state index in [1.165, 1.54) is 0 Å². The van der Waals surface area contributed by atoms with E-state index in [4.69, 9.17) is 4.74 Å². The first-order chi connectivity index (χ1) is 10.1.